The van der Waals surface area contributed by atoms with Crippen LogP contribution in [0.5, 0.6) is 0 Å². The van der Waals surface area contributed by atoms with Gasteiger partial charge in [-0.2, -0.15) is 0 Å². The van der Waals surface area contributed by atoms with Crippen molar-refractivity contribution in [1.82, 2.24) is 14.8 Å². The van der Waals surface area contributed by atoms with Crippen molar-refractivity contribution in [2.45, 2.75) is 69.5 Å². The predicted molar refractivity (Wildman–Crippen MR) is 99.6 cm³/mol. The molecule has 0 amide bonds. The van der Waals surface area contributed by atoms with E-state index in [0.29, 0.717) is 15.3 Å². The van der Waals surface area contributed by atoms with Crippen LogP contribution in [0.15, 0.2) is 6.20 Å². The number of halogens is 1. The molecule has 0 saturated heterocycles. The van der Waals surface area contributed by atoms with Crippen molar-refractivity contribution in [2.75, 3.05) is 13.3 Å². The molecule has 0 bridgehead atoms. The van der Waals surface area contributed by atoms with E-state index in [2.05, 4.69) is 32.9 Å². The van der Waals surface area contributed by atoms with Crippen molar-refractivity contribution in [2.24, 2.45) is 0 Å². The first-order valence-electron chi connectivity index (χ1n) is 8.38. The quantitative estimate of drug-likeness (QED) is 0.203. The van der Waals surface area contributed by atoms with Gasteiger partial charge >= 0.3 is 5.97 Å². The Morgan fingerprint density at radius 3 is 2.33 bits per heavy atom. The van der Waals surface area contributed by atoms with Crippen LogP contribution < -0.4 is 0 Å². The first kappa shape index (κ1) is 24.1. The summed E-state index contributed by atoms with van der Waals surface area (Å²) < 4.78 is 6.54. The molecule has 0 aliphatic heterocycles. The van der Waals surface area contributed by atoms with Gasteiger partial charge in [-0.25, -0.2) is 4.45 Å². The van der Waals surface area contributed by atoms with Gasteiger partial charge in [-0.05, 0) is 39.8 Å². The fourth-order valence-electron chi connectivity index (χ4n) is 2.15. The number of ether oxygens (including phenoxy) is 1. The molecule has 0 aliphatic carbocycles. The Kier molecular flexibility index (Phi) is 13.4. The number of aromatic nitrogens is 3. The summed E-state index contributed by atoms with van der Waals surface area (Å²) in [5, 5.41) is 8.22. The van der Waals surface area contributed by atoms with Crippen molar-refractivity contribution in [3.05, 3.63) is 11.9 Å². The summed E-state index contributed by atoms with van der Waals surface area (Å²) in [4.78, 5) is 11.5. The Hall–Kier alpha value is 0.104. The molecule has 1 atom stereocenters. The van der Waals surface area contributed by atoms with E-state index in [1.807, 2.05) is 10.6 Å². The van der Waals surface area contributed by atoms with Gasteiger partial charge in [0.25, 0.3) is 0 Å². The van der Waals surface area contributed by atoms with Crippen LogP contribution in [-0.4, -0.2) is 38.3 Å². The van der Waals surface area contributed by atoms with Crippen LogP contribution in [0, 0.1) is 0 Å². The normalized spacial score (nSPS) is 11.7. The van der Waals surface area contributed by atoms with Crippen LogP contribution in [0.2, 0.25) is 0 Å². The van der Waals surface area contributed by atoms with Crippen molar-refractivity contribution in [1.29, 1.82) is 0 Å². The second-order valence-corrected chi connectivity index (χ2v) is 9.10. The molecular formula is C16H29BrN3O2PV. The van der Waals surface area contributed by atoms with Crippen molar-refractivity contribution in [3.8, 4) is 0 Å². The third-order valence-corrected chi connectivity index (χ3v) is 4.57. The SMILES string of the molecule is CPn1cc(CCCCCCCCCOC(=O)C(C)(C)Br)nn1.[V]. The zero-order valence-electron chi connectivity index (χ0n) is 14.9. The zero-order valence-corrected chi connectivity index (χ0v) is 18.9. The summed E-state index contributed by atoms with van der Waals surface area (Å²) in [7, 11) is 0.660. The molecule has 1 aromatic heterocycles. The number of unbranched alkanes of at least 4 members (excludes halogenated alkanes) is 6. The molecule has 0 aliphatic rings. The van der Waals surface area contributed by atoms with Crippen molar-refractivity contribution < 1.29 is 28.1 Å². The number of hydrogen-bond acceptors (Lipinski definition) is 4. The standard InChI is InChI=1S/C16H29BrN3O2P.V/c1-16(2,17)15(21)22-12-10-8-6-4-5-7-9-11-14-13-20(23-3)19-18-14;/h13,23H,4-12H2,1-3H3;. The molecule has 0 N–H and O–H groups in total. The van der Waals surface area contributed by atoms with E-state index in [-0.39, 0.29) is 24.5 Å². The minimum Gasteiger partial charge on any atom is -0.465 e. The summed E-state index contributed by atoms with van der Waals surface area (Å²) in [6.45, 7) is 6.23. The molecule has 0 saturated carbocycles. The molecule has 0 aromatic carbocycles. The third-order valence-electron chi connectivity index (χ3n) is 3.57. The minimum atomic E-state index is -0.573. The smallest absolute Gasteiger partial charge is 0.322 e. The Balaban J connectivity index is 0.00000529. The first-order chi connectivity index (χ1) is 10.9. The van der Waals surface area contributed by atoms with Gasteiger partial charge in [-0.3, -0.25) is 4.79 Å². The number of hydrogen-bond donors (Lipinski definition) is 0. The van der Waals surface area contributed by atoms with Crippen LogP contribution in [0.1, 0.15) is 64.5 Å². The molecule has 5 nitrogen and oxygen atoms in total. The Labute approximate surface area is 167 Å². The fraction of sp³-hybridized carbons (Fsp3) is 0.812. The Bertz CT molecular complexity index is 466. The van der Waals surface area contributed by atoms with E-state index in [0.717, 1.165) is 25.0 Å². The van der Waals surface area contributed by atoms with Gasteiger partial charge in [0, 0.05) is 27.3 Å². The molecule has 1 aromatic rings. The Morgan fingerprint density at radius 1 is 1.21 bits per heavy atom. The second kappa shape index (κ2) is 13.3. The maximum absolute atomic E-state index is 11.5. The maximum Gasteiger partial charge on any atom is 0.322 e. The first-order valence-corrected chi connectivity index (χ1v) is 10.6. The van der Waals surface area contributed by atoms with Crippen molar-refractivity contribution >= 4 is 30.6 Å². The summed E-state index contributed by atoms with van der Waals surface area (Å²) in [5.74, 6) is -0.182. The predicted octanol–water partition coefficient (Wildman–Crippen LogP) is 4.34. The molecule has 1 unspecified atom stereocenters. The number of rotatable bonds is 12. The van der Waals surface area contributed by atoms with Gasteiger partial charge in [0.2, 0.25) is 0 Å². The number of esters is 1. The topological polar surface area (TPSA) is 57.0 Å². The summed E-state index contributed by atoms with van der Waals surface area (Å²) in [5.41, 5.74) is 1.11. The number of carbonyl (C=O) groups is 1. The molecule has 1 radical (unpaired) electrons. The zero-order chi connectivity index (χ0) is 17.1. The molecule has 24 heavy (non-hydrogen) atoms. The van der Waals surface area contributed by atoms with Crippen LogP contribution in [0.3, 0.4) is 0 Å². The third kappa shape index (κ3) is 10.9. The van der Waals surface area contributed by atoms with E-state index >= 15 is 0 Å². The average Bonchev–Trinajstić information content (AvgIpc) is 2.96. The number of nitrogens with zero attached hydrogens (tertiary/aromatic N) is 3. The van der Waals surface area contributed by atoms with Crippen LogP contribution >= 0.6 is 24.7 Å². The van der Waals surface area contributed by atoms with E-state index in [1.165, 1.54) is 32.1 Å². The second-order valence-electron chi connectivity index (χ2n) is 6.21. The number of carbonyl (C=O) groups excluding carboxylic acids is 1. The molecule has 8 heteroatoms. The Morgan fingerprint density at radius 2 is 1.79 bits per heavy atom. The van der Waals surface area contributed by atoms with Crippen molar-refractivity contribution in [3.63, 3.8) is 0 Å². The van der Waals surface area contributed by atoms with Crippen LogP contribution in [0.25, 0.3) is 0 Å². The summed E-state index contributed by atoms with van der Waals surface area (Å²) >= 11 is 3.30. The fourth-order valence-corrected chi connectivity index (χ4v) is 2.68. The largest absolute Gasteiger partial charge is 0.465 e. The molecule has 137 valence electrons. The van der Waals surface area contributed by atoms with Gasteiger partial charge in [-0.15, -0.1) is 5.10 Å². The molecular weight excluding hydrogens is 428 g/mol. The van der Waals surface area contributed by atoms with Gasteiger partial charge in [0.05, 0.1) is 18.5 Å². The molecule has 1 rings (SSSR count). The number of alkyl halides is 1. The monoisotopic (exact) mass is 456 g/mol. The summed E-state index contributed by atoms with van der Waals surface area (Å²) in [6, 6.07) is 0. The van der Waals surface area contributed by atoms with Crippen LogP contribution in [-0.2, 0) is 34.5 Å². The van der Waals surface area contributed by atoms with Gasteiger partial charge in [0.1, 0.15) is 4.32 Å². The molecule has 0 fully saturated rings. The van der Waals surface area contributed by atoms with Crippen LogP contribution in [0.4, 0.5) is 0 Å². The van der Waals surface area contributed by atoms with Gasteiger partial charge in [0.15, 0.2) is 0 Å². The van der Waals surface area contributed by atoms with Gasteiger partial charge in [-0.1, -0.05) is 53.2 Å². The van der Waals surface area contributed by atoms with E-state index in [1.54, 1.807) is 13.8 Å². The minimum absolute atomic E-state index is 0. The van der Waals surface area contributed by atoms with E-state index < -0.39 is 4.32 Å². The van der Waals surface area contributed by atoms with E-state index in [4.69, 9.17) is 4.74 Å². The maximum atomic E-state index is 11.5. The van der Waals surface area contributed by atoms with Gasteiger partial charge < -0.3 is 4.74 Å². The summed E-state index contributed by atoms with van der Waals surface area (Å²) in [6.07, 6.45) is 11.3. The van der Waals surface area contributed by atoms with E-state index in [9.17, 15) is 4.79 Å². The average molecular weight is 457 g/mol. The molecule has 0 spiro atoms. The molecule has 1 heterocycles. The number of aryl methyl sites for hydroxylation is 1.